The van der Waals surface area contributed by atoms with E-state index in [4.69, 9.17) is 0 Å². The van der Waals surface area contributed by atoms with Gasteiger partial charge in [0.15, 0.2) is 0 Å². The molecule has 0 aliphatic heterocycles. The number of rotatable bonds is 4. The number of benzene rings is 1. The molecule has 1 N–H and O–H groups in total. The first-order valence-corrected chi connectivity index (χ1v) is 5.71. The Morgan fingerprint density at radius 2 is 2.05 bits per heavy atom. The van der Waals surface area contributed by atoms with Crippen LogP contribution in [-0.4, -0.2) is 58.7 Å². The molecule has 2 rings (SSSR count). The standard InChI is InChI=1S/C12H12N2O3S.Ca/c1-12(11(17)18,6-9(15)16)10-13-7-4-2-3-5-8(7)14-10;/h2-5H,6H2,1H3,(H,13,14)(H,15,16)(H,17,18);/q;+2/p-2. The van der Waals surface area contributed by atoms with Gasteiger partial charge < -0.3 is 20.0 Å². The van der Waals surface area contributed by atoms with Crippen LogP contribution in [0.2, 0.25) is 0 Å². The van der Waals surface area contributed by atoms with Crippen LogP contribution in [0.3, 0.4) is 0 Å². The zero-order valence-electron chi connectivity index (χ0n) is 10.3. The van der Waals surface area contributed by atoms with E-state index < -0.39 is 22.9 Å². The van der Waals surface area contributed by atoms with Crippen molar-refractivity contribution >= 4 is 72.0 Å². The number of carboxylic acids is 1. The average molecular weight is 302 g/mol. The number of carbonyl (C=O) groups excluding carboxylic acids is 1. The molecule has 1 aromatic heterocycles. The van der Waals surface area contributed by atoms with Gasteiger partial charge in [0.25, 0.3) is 0 Å². The van der Waals surface area contributed by atoms with Crippen LogP contribution in [0.4, 0.5) is 0 Å². The first kappa shape index (κ1) is 16.4. The minimum Gasteiger partial charge on any atom is -0.867 e. The van der Waals surface area contributed by atoms with Crippen LogP contribution in [0, 0.1) is 0 Å². The molecule has 1 atom stereocenters. The minimum absolute atomic E-state index is 0. The topological polar surface area (TPSA) is 91.9 Å². The quantitative estimate of drug-likeness (QED) is 0.594. The second-order valence-electron chi connectivity index (χ2n) is 4.27. The molecule has 19 heavy (non-hydrogen) atoms. The zero-order chi connectivity index (χ0) is 13.3. The van der Waals surface area contributed by atoms with E-state index in [-0.39, 0.29) is 43.6 Å². The molecule has 0 saturated carbocycles. The van der Waals surface area contributed by atoms with E-state index in [1.165, 1.54) is 6.92 Å². The second-order valence-corrected chi connectivity index (χ2v) is 4.64. The number of aliphatic carboxylic acids is 1. The summed E-state index contributed by atoms with van der Waals surface area (Å²) in [5.74, 6) is -1.08. The smallest absolute Gasteiger partial charge is 0.867 e. The Balaban J connectivity index is 0.00000180. The van der Waals surface area contributed by atoms with Crippen LogP contribution < -0.4 is 10.2 Å². The van der Waals surface area contributed by atoms with Crippen molar-refractivity contribution in [2.45, 2.75) is 18.8 Å². The number of carboxylic acid groups (broad SMARTS) is 1. The molecule has 0 aliphatic carbocycles. The second kappa shape index (κ2) is 6.17. The number of aromatic amines is 1. The third kappa shape index (κ3) is 3.25. The Morgan fingerprint density at radius 3 is 2.58 bits per heavy atom. The summed E-state index contributed by atoms with van der Waals surface area (Å²) in [6.07, 6.45) is -0.491. The monoisotopic (exact) mass is 302 g/mol. The van der Waals surface area contributed by atoms with Crippen LogP contribution in [0.25, 0.3) is 11.0 Å². The molecule has 0 radical (unpaired) electrons. The van der Waals surface area contributed by atoms with E-state index in [1.807, 2.05) is 6.07 Å². The molecule has 94 valence electrons. The Labute approximate surface area is 145 Å². The van der Waals surface area contributed by atoms with Gasteiger partial charge in [-0.3, -0.25) is 0 Å². The van der Waals surface area contributed by atoms with E-state index >= 15 is 0 Å². The predicted octanol–water partition coefficient (Wildman–Crippen LogP) is -0.733. The maximum Gasteiger partial charge on any atom is 2.00 e. The molecular weight excluding hydrogens is 292 g/mol. The molecule has 1 aromatic carbocycles. The number of thiocarbonyl (C=S) groups is 1. The van der Waals surface area contributed by atoms with E-state index in [0.29, 0.717) is 5.52 Å². The number of fused-ring (bicyclic) bond motifs is 1. The Morgan fingerprint density at radius 1 is 1.42 bits per heavy atom. The van der Waals surface area contributed by atoms with Crippen LogP contribution in [0.15, 0.2) is 24.3 Å². The van der Waals surface area contributed by atoms with Gasteiger partial charge in [-0.05, 0) is 19.1 Å². The fourth-order valence-electron chi connectivity index (χ4n) is 1.76. The van der Waals surface area contributed by atoms with E-state index in [2.05, 4.69) is 22.2 Å². The minimum atomic E-state index is -1.37. The summed E-state index contributed by atoms with van der Waals surface area (Å²) in [5, 5.41) is 21.6. The Hall–Kier alpha value is -0.690. The van der Waals surface area contributed by atoms with Crippen molar-refractivity contribution in [3.05, 3.63) is 30.1 Å². The van der Waals surface area contributed by atoms with Gasteiger partial charge in [-0.1, -0.05) is 17.2 Å². The van der Waals surface area contributed by atoms with Crippen LogP contribution in [-0.2, 0) is 10.2 Å². The molecule has 5 nitrogen and oxygen atoms in total. The largest absolute Gasteiger partial charge is 2.00 e. The van der Waals surface area contributed by atoms with Crippen LogP contribution in [0.1, 0.15) is 19.2 Å². The molecule has 0 spiro atoms. The van der Waals surface area contributed by atoms with Crippen LogP contribution >= 0.6 is 12.2 Å². The third-order valence-corrected chi connectivity index (χ3v) is 3.31. The molecule has 0 saturated heterocycles. The maximum atomic E-state index is 11.5. The summed E-state index contributed by atoms with van der Waals surface area (Å²) in [7, 11) is 0. The van der Waals surface area contributed by atoms with Gasteiger partial charge >= 0.3 is 37.7 Å². The summed E-state index contributed by atoms with van der Waals surface area (Å²) < 4.78 is 0. The molecule has 2 aromatic rings. The normalized spacial score (nSPS) is 13.5. The third-order valence-electron chi connectivity index (χ3n) is 2.86. The number of nitrogens with zero attached hydrogens (tertiary/aromatic N) is 1. The van der Waals surface area contributed by atoms with E-state index in [1.54, 1.807) is 18.2 Å². The fraction of sp³-hybridized carbons (Fsp3) is 0.250. The Kier molecular flexibility index (Phi) is 5.32. The van der Waals surface area contributed by atoms with Crippen LogP contribution in [0.5, 0.6) is 0 Å². The van der Waals surface area contributed by atoms with Crippen molar-refractivity contribution in [2.75, 3.05) is 0 Å². The van der Waals surface area contributed by atoms with Crippen molar-refractivity contribution in [3.8, 4) is 0 Å². The summed E-state index contributed by atoms with van der Waals surface area (Å²) in [6.45, 7) is 1.45. The predicted molar refractivity (Wildman–Crippen MR) is 71.4 cm³/mol. The first-order chi connectivity index (χ1) is 8.43. The van der Waals surface area contributed by atoms with Gasteiger partial charge in [0.05, 0.1) is 16.4 Å². The van der Waals surface area contributed by atoms with Crippen molar-refractivity contribution in [3.63, 3.8) is 0 Å². The maximum absolute atomic E-state index is 11.5. The number of aromatic nitrogens is 2. The summed E-state index contributed by atoms with van der Waals surface area (Å²) in [6, 6.07) is 7.18. The fourth-order valence-corrected chi connectivity index (χ4v) is 1.92. The van der Waals surface area contributed by atoms with Gasteiger partial charge in [-0.15, -0.1) is 12.2 Å². The molecule has 0 fully saturated rings. The van der Waals surface area contributed by atoms with E-state index in [0.717, 1.165) is 5.52 Å². The van der Waals surface area contributed by atoms with Crippen molar-refractivity contribution in [2.24, 2.45) is 0 Å². The SMILES string of the molecule is CC(CC(=O)[O-])(C([O-])=S)c1nc2ccccc2[nH]1.[Ca+2]. The van der Waals surface area contributed by atoms with Crippen molar-refractivity contribution in [1.29, 1.82) is 0 Å². The van der Waals surface area contributed by atoms with Gasteiger partial charge in [-0.25, -0.2) is 4.98 Å². The van der Waals surface area contributed by atoms with Crippen molar-refractivity contribution < 1.29 is 15.0 Å². The number of para-hydroxylation sites is 2. The van der Waals surface area contributed by atoms with Gasteiger partial charge in [-0.2, -0.15) is 0 Å². The summed E-state index contributed by atoms with van der Waals surface area (Å²) >= 11 is 4.63. The number of nitrogens with one attached hydrogen (secondary N) is 1. The first-order valence-electron chi connectivity index (χ1n) is 5.30. The van der Waals surface area contributed by atoms with E-state index in [9.17, 15) is 15.0 Å². The van der Waals surface area contributed by atoms with Gasteiger partial charge in [0.1, 0.15) is 5.82 Å². The summed E-state index contributed by atoms with van der Waals surface area (Å²) in [4.78, 5) is 17.9. The number of carbonyl (C=O) groups is 1. The number of hydrogen-bond acceptors (Lipinski definition) is 5. The van der Waals surface area contributed by atoms with Gasteiger partial charge in [0, 0.05) is 12.4 Å². The number of hydrogen-bond donors (Lipinski definition) is 1. The van der Waals surface area contributed by atoms with Crippen molar-refractivity contribution in [1.82, 2.24) is 9.97 Å². The Bertz CT molecular complexity index is 595. The molecule has 7 heteroatoms. The molecular formula is C12H10CaN2O3S. The number of imidazole rings is 1. The molecule has 0 amide bonds. The zero-order valence-corrected chi connectivity index (χ0v) is 13.3. The average Bonchev–Trinajstić information content (AvgIpc) is 2.71. The molecule has 1 heterocycles. The summed E-state index contributed by atoms with van der Waals surface area (Å²) in [5.41, 5.74) is 0.0225. The molecule has 0 aliphatic rings. The molecule has 1 unspecified atom stereocenters. The molecule has 0 bridgehead atoms. The number of H-pyrrole nitrogens is 1. The van der Waals surface area contributed by atoms with Gasteiger partial charge in [0.2, 0.25) is 0 Å².